The molecule has 0 bridgehead atoms. The number of hydrogen-bond donors (Lipinski definition) is 4. The molecule has 4 N–H and O–H groups in total. The van der Waals surface area contributed by atoms with Gasteiger partial charge in [-0.2, -0.15) is 0 Å². The van der Waals surface area contributed by atoms with Crippen LogP contribution in [0.25, 0.3) is 0 Å². The fraction of sp³-hybridized carbons (Fsp3) is 0.600. The summed E-state index contributed by atoms with van der Waals surface area (Å²) < 4.78 is 5.41. The first-order valence-electron chi connectivity index (χ1n) is 4.93. The van der Waals surface area contributed by atoms with E-state index in [9.17, 15) is 10.2 Å². The first kappa shape index (κ1) is 10.6. The Morgan fingerprint density at radius 2 is 2.27 bits per heavy atom. The summed E-state index contributed by atoms with van der Waals surface area (Å²) in [6.07, 6.45) is -1.62. The standard InChI is InChI=1S/C10H15NO4/c1-5-6(4-12)2-8(15-5)9-10(14)7(13)3-11-9/h2,7,9-14H,3-4H2,1H3/t7-,9+,10-/m1/s1. The molecule has 1 aromatic rings. The van der Waals surface area contributed by atoms with E-state index in [0.29, 0.717) is 23.6 Å². The van der Waals surface area contributed by atoms with E-state index < -0.39 is 12.2 Å². The Morgan fingerprint density at radius 3 is 2.73 bits per heavy atom. The van der Waals surface area contributed by atoms with Crippen LogP contribution in [0.15, 0.2) is 10.5 Å². The quantitative estimate of drug-likeness (QED) is 0.529. The number of aliphatic hydroxyl groups is 3. The average molecular weight is 213 g/mol. The van der Waals surface area contributed by atoms with Crippen LogP contribution in [0.5, 0.6) is 0 Å². The molecule has 1 aromatic heterocycles. The summed E-state index contributed by atoms with van der Waals surface area (Å²) >= 11 is 0. The van der Waals surface area contributed by atoms with Gasteiger partial charge in [-0.3, -0.25) is 0 Å². The molecule has 0 spiro atoms. The predicted molar refractivity (Wildman–Crippen MR) is 52.1 cm³/mol. The highest BCUT2D eigenvalue weighted by molar-refractivity contribution is 5.23. The second kappa shape index (κ2) is 3.94. The molecule has 0 saturated carbocycles. The molecule has 2 rings (SSSR count). The number of furan rings is 1. The second-order valence-electron chi connectivity index (χ2n) is 3.83. The smallest absolute Gasteiger partial charge is 0.124 e. The van der Waals surface area contributed by atoms with Crippen LogP contribution in [0.4, 0.5) is 0 Å². The van der Waals surface area contributed by atoms with Crippen molar-refractivity contribution in [3.05, 3.63) is 23.2 Å². The predicted octanol–water partition coefficient (Wildman–Crippen LogP) is -0.554. The normalized spacial score (nSPS) is 31.1. The molecule has 0 aliphatic carbocycles. The van der Waals surface area contributed by atoms with Crippen molar-refractivity contribution in [2.45, 2.75) is 31.8 Å². The van der Waals surface area contributed by atoms with Gasteiger partial charge in [0.2, 0.25) is 0 Å². The number of nitrogens with one attached hydrogen (secondary N) is 1. The van der Waals surface area contributed by atoms with Crippen LogP contribution < -0.4 is 5.32 Å². The monoisotopic (exact) mass is 213 g/mol. The van der Waals surface area contributed by atoms with Crippen LogP contribution in [-0.4, -0.2) is 34.1 Å². The first-order valence-corrected chi connectivity index (χ1v) is 4.93. The van der Waals surface area contributed by atoms with E-state index in [0.717, 1.165) is 0 Å². The zero-order valence-electron chi connectivity index (χ0n) is 8.47. The van der Waals surface area contributed by atoms with Crippen LogP contribution in [-0.2, 0) is 6.61 Å². The molecule has 1 fully saturated rings. The minimum absolute atomic E-state index is 0.0826. The number of β-amino-alcohol motifs (C(OH)–C–C–N with tert-alkyl or cyclic N) is 1. The number of aryl methyl sites for hydroxylation is 1. The Balaban J connectivity index is 2.22. The molecular weight excluding hydrogens is 198 g/mol. The van der Waals surface area contributed by atoms with Crippen LogP contribution in [0.2, 0.25) is 0 Å². The molecule has 0 aromatic carbocycles. The van der Waals surface area contributed by atoms with Crippen molar-refractivity contribution in [2.75, 3.05) is 6.54 Å². The Morgan fingerprint density at radius 1 is 1.53 bits per heavy atom. The summed E-state index contributed by atoms with van der Waals surface area (Å²) in [7, 11) is 0. The van der Waals surface area contributed by atoms with Crippen LogP contribution in [0.1, 0.15) is 23.1 Å². The molecule has 1 saturated heterocycles. The van der Waals surface area contributed by atoms with E-state index in [1.54, 1.807) is 13.0 Å². The lowest BCUT2D eigenvalue weighted by Gasteiger charge is -2.12. The van der Waals surface area contributed by atoms with Crippen molar-refractivity contribution in [3.63, 3.8) is 0 Å². The van der Waals surface area contributed by atoms with Crippen molar-refractivity contribution in [3.8, 4) is 0 Å². The van der Waals surface area contributed by atoms with Crippen LogP contribution in [0, 0.1) is 6.92 Å². The molecule has 84 valence electrons. The molecule has 0 amide bonds. The number of rotatable bonds is 2. The zero-order valence-corrected chi connectivity index (χ0v) is 8.47. The van der Waals surface area contributed by atoms with Gasteiger partial charge >= 0.3 is 0 Å². The van der Waals surface area contributed by atoms with E-state index in [-0.39, 0.29) is 12.6 Å². The van der Waals surface area contributed by atoms with Gasteiger partial charge in [-0.15, -0.1) is 0 Å². The fourth-order valence-electron chi connectivity index (χ4n) is 1.84. The molecule has 3 atom stereocenters. The number of hydrogen-bond acceptors (Lipinski definition) is 5. The molecular formula is C10H15NO4. The highest BCUT2D eigenvalue weighted by Gasteiger charge is 2.36. The van der Waals surface area contributed by atoms with Crippen molar-refractivity contribution in [2.24, 2.45) is 0 Å². The third kappa shape index (κ3) is 1.79. The third-order valence-corrected chi connectivity index (χ3v) is 2.80. The van der Waals surface area contributed by atoms with Crippen LogP contribution in [0.3, 0.4) is 0 Å². The molecule has 0 unspecified atom stereocenters. The van der Waals surface area contributed by atoms with Gasteiger partial charge < -0.3 is 25.1 Å². The summed E-state index contributed by atoms with van der Waals surface area (Å²) in [5.41, 5.74) is 0.709. The topological polar surface area (TPSA) is 85.9 Å². The van der Waals surface area contributed by atoms with Crippen molar-refractivity contribution >= 4 is 0 Å². The largest absolute Gasteiger partial charge is 0.464 e. The molecule has 1 aliphatic rings. The van der Waals surface area contributed by atoms with Crippen LogP contribution >= 0.6 is 0 Å². The van der Waals surface area contributed by atoms with Gasteiger partial charge in [-0.25, -0.2) is 0 Å². The summed E-state index contributed by atoms with van der Waals surface area (Å²) in [4.78, 5) is 0. The lowest BCUT2D eigenvalue weighted by Crippen LogP contribution is -2.25. The maximum absolute atomic E-state index is 9.65. The SMILES string of the molecule is Cc1oc([C@@H]2NC[C@@H](O)[C@H]2O)cc1CO. The molecule has 2 heterocycles. The highest BCUT2D eigenvalue weighted by atomic mass is 16.4. The summed E-state index contributed by atoms with van der Waals surface area (Å²) in [6.45, 7) is 2.02. The Bertz CT molecular complexity index is 349. The molecule has 5 heteroatoms. The molecule has 1 aliphatic heterocycles. The highest BCUT2D eigenvalue weighted by Crippen LogP contribution is 2.27. The maximum Gasteiger partial charge on any atom is 0.124 e. The van der Waals surface area contributed by atoms with Crippen molar-refractivity contribution < 1.29 is 19.7 Å². The Kier molecular flexibility index (Phi) is 2.79. The number of aliphatic hydroxyl groups excluding tert-OH is 3. The zero-order chi connectivity index (χ0) is 11.0. The van der Waals surface area contributed by atoms with E-state index in [2.05, 4.69) is 5.32 Å². The Hall–Kier alpha value is -0.880. The lowest BCUT2D eigenvalue weighted by molar-refractivity contribution is 0.0368. The molecule has 15 heavy (non-hydrogen) atoms. The van der Waals surface area contributed by atoms with Gasteiger partial charge in [0.15, 0.2) is 0 Å². The summed E-state index contributed by atoms with van der Waals surface area (Å²) in [5, 5.41) is 31.0. The van der Waals surface area contributed by atoms with Crippen molar-refractivity contribution in [1.82, 2.24) is 5.32 Å². The van der Waals surface area contributed by atoms with E-state index in [1.165, 1.54) is 0 Å². The van der Waals surface area contributed by atoms with Crippen molar-refractivity contribution in [1.29, 1.82) is 0 Å². The average Bonchev–Trinajstić information content (AvgIpc) is 2.72. The first-order chi connectivity index (χ1) is 7.13. The summed E-state index contributed by atoms with van der Waals surface area (Å²) in [5.74, 6) is 1.20. The molecule has 5 nitrogen and oxygen atoms in total. The van der Waals surface area contributed by atoms with E-state index >= 15 is 0 Å². The minimum Gasteiger partial charge on any atom is -0.464 e. The minimum atomic E-state index is -0.859. The Labute approximate surface area is 87.3 Å². The molecule has 0 radical (unpaired) electrons. The van der Waals surface area contributed by atoms with Gasteiger partial charge in [0.05, 0.1) is 18.8 Å². The van der Waals surface area contributed by atoms with E-state index in [4.69, 9.17) is 9.52 Å². The maximum atomic E-state index is 9.65. The third-order valence-electron chi connectivity index (χ3n) is 2.80. The van der Waals surface area contributed by atoms with Gasteiger partial charge in [0, 0.05) is 12.1 Å². The van der Waals surface area contributed by atoms with Gasteiger partial charge in [0.25, 0.3) is 0 Å². The second-order valence-corrected chi connectivity index (χ2v) is 3.83. The summed E-state index contributed by atoms with van der Waals surface area (Å²) in [6, 6.07) is 1.31. The fourth-order valence-corrected chi connectivity index (χ4v) is 1.84. The lowest BCUT2D eigenvalue weighted by atomic mass is 10.1. The van der Waals surface area contributed by atoms with Gasteiger partial charge in [-0.1, -0.05) is 0 Å². The van der Waals surface area contributed by atoms with Gasteiger partial charge in [-0.05, 0) is 13.0 Å². The van der Waals surface area contributed by atoms with Gasteiger partial charge in [0.1, 0.15) is 17.6 Å². The van der Waals surface area contributed by atoms with E-state index in [1.807, 2.05) is 0 Å².